The zero-order chi connectivity index (χ0) is 8.81. The van der Waals surface area contributed by atoms with Crippen molar-refractivity contribution in [2.75, 3.05) is 13.2 Å². The summed E-state index contributed by atoms with van der Waals surface area (Å²) in [7, 11) is 0. The standard InChI is InChI=1S/C8H9N3O/c9-3-5-12-8-2-1-4-11-7(8)6-10/h1-2,4H,3,5,9H2. The van der Waals surface area contributed by atoms with E-state index in [1.165, 1.54) is 0 Å². The average Bonchev–Trinajstić information content (AvgIpc) is 2.15. The lowest BCUT2D eigenvalue weighted by Crippen LogP contribution is -2.11. The van der Waals surface area contributed by atoms with Crippen LogP contribution in [0.25, 0.3) is 0 Å². The van der Waals surface area contributed by atoms with Crippen molar-refractivity contribution in [3.63, 3.8) is 0 Å². The first-order valence-electron chi connectivity index (χ1n) is 3.56. The molecule has 1 aromatic heterocycles. The van der Waals surface area contributed by atoms with Gasteiger partial charge in [0.1, 0.15) is 12.7 Å². The van der Waals surface area contributed by atoms with Crippen molar-refractivity contribution < 1.29 is 4.74 Å². The molecule has 0 unspecified atom stereocenters. The molecule has 0 aliphatic rings. The first-order valence-corrected chi connectivity index (χ1v) is 3.56. The monoisotopic (exact) mass is 163 g/mol. The number of pyridine rings is 1. The minimum atomic E-state index is 0.297. The van der Waals surface area contributed by atoms with Gasteiger partial charge in [-0.05, 0) is 12.1 Å². The van der Waals surface area contributed by atoms with Crippen LogP contribution >= 0.6 is 0 Å². The van der Waals surface area contributed by atoms with Gasteiger partial charge in [-0.3, -0.25) is 0 Å². The van der Waals surface area contributed by atoms with E-state index in [0.29, 0.717) is 24.6 Å². The third-order valence-electron chi connectivity index (χ3n) is 1.25. The Morgan fingerprint density at radius 3 is 3.17 bits per heavy atom. The molecule has 0 saturated carbocycles. The number of aromatic nitrogens is 1. The van der Waals surface area contributed by atoms with Crippen molar-refractivity contribution in [1.82, 2.24) is 4.98 Å². The molecule has 0 fully saturated rings. The Hall–Kier alpha value is -1.60. The molecular formula is C8H9N3O. The predicted octanol–water partition coefficient (Wildman–Crippen LogP) is 0.291. The summed E-state index contributed by atoms with van der Waals surface area (Å²) in [4.78, 5) is 3.82. The lowest BCUT2D eigenvalue weighted by atomic mass is 10.3. The van der Waals surface area contributed by atoms with Gasteiger partial charge in [0, 0.05) is 12.7 Å². The summed E-state index contributed by atoms with van der Waals surface area (Å²) in [6.45, 7) is 0.833. The maximum Gasteiger partial charge on any atom is 0.182 e. The number of hydrogen-bond donors (Lipinski definition) is 1. The molecule has 4 heteroatoms. The summed E-state index contributed by atoms with van der Waals surface area (Å²) in [6, 6.07) is 5.34. The van der Waals surface area contributed by atoms with Gasteiger partial charge in [0.15, 0.2) is 11.4 Å². The molecule has 0 spiro atoms. The maximum absolute atomic E-state index is 8.59. The zero-order valence-electron chi connectivity index (χ0n) is 6.53. The second-order valence-corrected chi connectivity index (χ2v) is 2.10. The van der Waals surface area contributed by atoms with E-state index in [2.05, 4.69) is 4.98 Å². The first kappa shape index (κ1) is 8.50. The molecule has 0 aliphatic carbocycles. The summed E-state index contributed by atoms with van der Waals surface area (Å²) < 4.78 is 5.17. The quantitative estimate of drug-likeness (QED) is 0.695. The average molecular weight is 163 g/mol. The van der Waals surface area contributed by atoms with E-state index in [9.17, 15) is 0 Å². The lowest BCUT2D eigenvalue weighted by Gasteiger charge is -2.03. The Bertz CT molecular complexity index is 293. The van der Waals surface area contributed by atoms with Crippen LogP contribution in [0.1, 0.15) is 5.69 Å². The molecular weight excluding hydrogens is 154 g/mol. The Labute approximate surface area is 70.6 Å². The van der Waals surface area contributed by atoms with Gasteiger partial charge in [0.25, 0.3) is 0 Å². The zero-order valence-corrected chi connectivity index (χ0v) is 6.53. The number of hydrogen-bond acceptors (Lipinski definition) is 4. The molecule has 0 aromatic carbocycles. The van der Waals surface area contributed by atoms with E-state index in [0.717, 1.165) is 0 Å². The molecule has 2 N–H and O–H groups in total. The molecule has 4 nitrogen and oxygen atoms in total. The van der Waals surface area contributed by atoms with E-state index >= 15 is 0 Å². The van der Waals surface area contributed by atoms with Crippen molar-refractivity contribution >= 4 is 0 Å². The predicted molar refractivity (Wildman–Crippen MR) is 43.5 cm³/mol. The third-order valence-corrected chi connectivity index (χ3v) is 1.25. The Balaban J connectivity index is 2.77. The fraction of sp³-hybridized carbons (Fsp3) is 0.250. The number of ether oxygens (including phenoxy) is 1. The van der Waals surface area contributed by atoms with Gasteiger partial charge in [-0.2, -0.15) is 5.26 Å². The summed E-state index contributed by atoms with van der Waals surface area (Å²) >= 11 is 0. The van der Waals surface area contributed by atoms with Crippen LogP contribution in [0.2, 0.25) is 0 Å². The van der Waals surface area contributed by atoms with Crippen LogP contribution < -0.4 is 10.5 Å². The number of rotatable bonds is 3. The summed E-state index contributed by atoms with van der Waals surface area (Å²) in [5.74, 6) is 0.491. The topological polar surface area (TPSA) is 71.9 Å². The molecule has 62 valence electrons. The molecule has 0 amide bonds. The van der Waals surface area contributed by atoms with Crippen molar-refractivity contribution in [2.24, 2.45) is 5.73 Å². The van der Waals surface area contributed by atoms with Crippen LogP contribution in [0.15, 0.2) is 18.3 Å². The van der Waals surface area contributed by atoms with Gasteiger partial charge in [0.05, 0.1) is 0 Å². The molecule has 12 heavy (non-hydrogen) atoms. The SMILES string of the molecule is N#Cc1ncccc1OCCN. The molecule has 1 aromatic rings. The fourth-order valence-electron chi connectivity index (χ4n) is 0.760. The van der Waals surface area contributed by atoms with E-state index < -0.39 is 0 Å². The van der Waals surface area contributed by atoms with Gasteiger partial charge in [-0.1, -0.05) is 0 Å². The van der Waals surface area contributed by atoms with Crippen LogP contribution in [-0.4, -0.2) is 18.1 Å². The van der Waals surface area contributed by atoms with Crippen molar-refractivity contribution in [2.45, 2.75) is 0 Å². The third kappa shape index (κ3) is 1.94. The van der Waals surface area contributed by atoms with E-state index in [4.69, 9.17) is 15.7 Å². The van der Waals surface area contributed by atoms with Crippen molar-refractivity contribution in [1.29, 1.82) is 5.26 Å². The van der Waals surface area contributed by atoms with Crippen LogP contribution in [-0.2, 0) is 0 Å². The van der Waals surface area contributed by atoms with Crippen LogP contribution in [0.3, 0.4) is 0 Å². The Kier molecular flexibility index (Phi) is 3.05. The molecule has 0 saturated heterocycles. The normalized spacial score (nSPS) is 9.00. The van der Waals surface area contributed by atoms with Gasteiger partial charge >= 0.3 is 0 Å². The highest BCUT2D eigenvalue weighted by Crippen LogP contribution is 2.12. The second-order valence-electron chi connectivity index (χ2n) is 2.10. The lowest BCUT2D eigenvalue weighted by molar-refractivity contribution is 0.326. The molecule has 1 heterocycles. The molecule has 1 rings (SSSR count). The molecule has 0 atom stereocenters. The first-order chi connectivity index (χ1) is 5.88. The van der Waals surface area contributed by atoms with E-state index in [-0.39, 0.29) is 0 Å². The minimum absolute atomic E-state index is 0.297. The molecule has 0 aliphatic heterocycles. The van der Waals surface area contributed by atoms with Crippen molar-refractivity contribution in [3.8, 4) is 11.8 Å². The minimum Gasteiger partial charge on any atom is -0.489 e. The largest absolute Gasteiger partial charge is 0.489 e. The van der Waals surface area contributed by atoms with Gasteiger partial charge in [-0.25, -0.2) is 4.98 Å². The second kappa shape index (κ2) is 4.31. The molecule has 0 radical (unpaired) electrons. The Morgan fingerprint density at radius 2 is 2.50 bits per heavy atom. The van der Waals surface area contributed by atoms with Crippen LogP contribution in [0.4, 0.5) is 0 Å². The highest BCUT2D eigenvalue weighted by atomic mass is 16.5. The summed E-state index contributed by atoms with van der Waals surface area (Å²) in [5, 5.41) is 8.59. The number of nitriles is 1. The fourth-order valence-corrected chi connectivity index (χ4v) is 0.760. The van der Waals surface area contributed by atoms with Gasteiger partial charge < -0.3 is 10.5 Å². The van der Waals surface area contributed by atoms with Gasteiger partial charge in [-0.15, -0.1) is 0 Å². The van der Waals surface area contributed by atoms with Crippen LogP contribution in [0, 0.1) is 11.3 Å². The maximum atomic E-state index is 8.59. The van der Waals surface area contributed by atoms with Gasteiger partial charge in [0.2, 0.25) is 0 Å². The molecule has 0 bridgehead atoms. The van der Waals surface area contributed by atoms with Crippen molar-refractivity contribution in [3.05, 3.63) is 24.0 Å². The number of nitrogens with two attached hydrogens (primary N) is 1. The highest BCUT2D eigenvalue weighted by molar-refractivity contribution is 5.36. The van der Waals surface area contributed by atoms with E-state index in [1.807, 2.05) is 6.07 Å². The highest BCUT2D eigenvalue weighted by Gasteiger charge is 2.01. The summed E-state index contributed by atoms with van der Waals surface area (Å²) in [5.41, 5.74) is 5.54. The summed E-state index contributed by atoms with van der Waals surface area (Å²) in [6.07, 6.45) is 1.55. The Morgan fingerprint density at radius 1 is 1.67 bits per heavy atom. The number of nitrogens with zero attached hydrogens (tertiary/aromatic N) is 2. The van der Waals surface area contributed by atoms with Crippen LogP contribution in [0.5, 0.6) is 5.75 Å². The van der Waals surface area contributed by atoms with E-state index in [1.54, 1.807) is 18.3 Å². The smallest absolute Gasteiger partial charge is 0.182 e.